The lowest BCUT2D eigenvalue weighted by Crippen LogP contribution is -2.15. The first-order valence-electron chi connectivity index (χ1n) is 3.90. The van der Waals surface area contributed by atoms with Gasteiger partial charge in [-0.2, -0.15) is 0 Å². The summed E-state index contributed by atoms with van der Waals surface area (Å²) >= 11 is 0. The molecule has 0 spiro atoms. The highest BCUT2D eigenvalue weighted by Gasteiger charge is 2.51. The summed E-state index contributed by atoms with van der Waals surface area (Å²) in [5.41, 5.74) is 0. The number of hydrogen-bond acceptors (Lipinski definition) is 1. The largest absolute Gasteiger partial charge is 0.377 e. The summed E-state index contributed by atoms with van der Waals surface area (Å²) < 4.78 is 5.58. The standard InChI is InChI=1S/C8H11O/c1-5-2-7-6(1)4-9-8(7)3-5/h3,5-8H,1-2,4H2. The van der Waals surface area contributed by atoms with Crippen LogP contribution in [0.4, 0.5) is 0 Å². The Morgan fingerprint density at radius 3 is 3.00 bits per heavy atom. The maximum atomic E-state index is 5.58. The second-order valence-corrected chi connectivity index (χ2v) is 3.65. The van der Waals surface area contributed by atoms with Gasteiger partial charge in [-0.25, -0.2) is 0 Å². The molecule has 0 aromatic carbocycles. The van der Waals surface area contributed by atoms with Gasteiger partial charge in [0.1, 0.15) is 0 Å². The average Bonchev–Trinajstić information content (AvgIpc) is 2.35. The Hall–Kier alpha value is -0.0400. The van der Waals surface area contributed by atoms with Crippen molar-refractivity contribution in [1.82, 2.24) is 0 Å². The molecular formula is C8H11O. The van der Waals surface area contributed by atoms with Crippen LogP contribution in [0.2, 0.25) is 0 Å². The first kappa shape index (κ1) is 4.73. The minimum Gasteiger partial charge on any atom is -0.377 e. The summed E-state index contributed by atoms with van der Waals surface area (Å²) in [6, 6.07) is 0. The van der Waals surface area contributed by atoms with Crippen LogP contribution in [0.15, 0.2) is 0 Å². The third-order valence-electron chi connectivity index (χ3n) is 3.17. The zero-order valence-corrected chi connectivity index (χ0v) is 5.42. The van der Waals surface area contributed by atoms with Crippen molar-refractivity contribution in [3.8, 4) is 0 Å². The van der Waals surface area contributed by atoms with Crippen molar-refractivity contribution in [2.24, 2.45) is 17.8 Å². The van der Waals surface area contributed by atoms with Gasteiger partial charge >= 0.3 is 0 Å². The fourth-order valence-electron chi connectivity index (χ4n) is 2.78. The SMILES string of the molecule is [CH]1C2CC3COC1C3C2. The summed E-state index contributed by atoms with van der Waals surface area (Å²) in [5, 5.41) is 0. The Bertz CT molecular complexity index is 127. The van der Waals surface area contributed by atoms with E-state index in [0.29, 0.717) is 6.10 Å². The Kier molecular flexibility index (Phi) is 0.704. The maximum Gasteiger partial charge on any atom is 0.0641 e. The summed E-state index contributed by atoms with van der Waals surface area (Å²) in [6.07, 6.45) is 5.87. The van der Waals surface area contributed by atoms with Crippen molar-refractivity contribution in [3.05, 3.63) is 6.42 Å². The smallest absolute Gasteiger partial charge is 0.0641 e. The van der Waals surface area contributed by atoms with Gasteiger partial charge < -0.3 is 4.74 Å². The van der Waals surface area contributed by atoms with Gasteiger partial charge in [0.25, 0.3) is 0 Å². The van der Waals surface area contributed by atoms with E-state index in [0.717, 1.165) is 24.4 Å². The first-order valence-corrected chi connectivity index (χ1v) is 3.90. The van der Waals surface area contributed by atoms with Gasteiger partial charge in [-0.1, -0.05) is 0 Å². The molecule has 0 N–H and O–H groups in total. The quantitative estimate of drug-likeness (QED) is 0.471. The van der Waals surface area contributed by atoms with Crippen LogP contribution in [0.1, 0.15) is 12.8 Å². The zero-order valence-electron chi connectivity index (χ0n) is 5.42. The van der Waals surface area contributed by atoms with Crippen molar-refractivity contribution < 1.29 is 4.74 Å². The molecule has 49 valence electrons. The minimum atomic E-state index is 0.578. The first-order chi connectivity index (χ1) is 4.43. The summed E-state index contributed by atoms with van der Waals surface area (Å²) in [4.78, 5) is 0. The molecule has 2 saturated carbocycles. The highest BCUT2D eigenvalue weighted by atomic mass is 16.5. The number of hydrogen-bond donors (Lipinski definition) is 0. The Morgan fingerprint density at radius 1 is 1.33 bits per heavy atom. The third kappa shape index (κ3) is 0.454. The molecule has 1 aliphatic heterocycles. The molecule has 2 aliphatic carbocycles. The predicted molar refractivity (Wildman–Crippen MR) is 33.7 cm³/mol. The highest BCUT2D eigenvalue weighted by molar-refractivity contribution is 5.09. The van der Waals surface area contributed by atoms with Crippen molar-refractivity contribution in [2.75, 3.05) is 6.61 Å². The summed E-state index contributed by atoms with van der Waals surface area (Å²) in [5.74, 6) is 2.83. The number of fused-ring (bicyclic) bond motifs is 1. The molecule has 1 radical (unpaired) electrons. The van der Waals surface area contributed by atoms with Crippen LogP contribution in [0, 0.1) is 24.2 Å². The van der Waals surface area contributed by atoms with E-state index in [9.17, 15) is 0 Å². The molecule has 1 saturated heterocycles. The molecule has 0 aromatic rings. The van der Waals surface area contributed by atoms with E-state index in [1.54, 1.807) is 0 Å². The third-order valence-corrected chi connectivity index (χ3v) is 3.17. The topological polar surface area (TPSA) is 9.23 Å². The molecule has 3 rings (SSSR count). The molecule has 3 fully saturated rings. The molecule has 4 unspecified atom stereocenters. The molecule has 0 amide bonds. The lowest BCUT2D eigenvalue weighted by molar-refractivity contribution is 0.126. The van der Waals surface area contributed by atoms with Gasteiger partial charge in [-0.15, -0.1) is 0 Å². The van der Waals surface area contributed by atoms with Crippen molar-refractivity contribution in [1.29, 1.82) is 0 Å². The van der Waals surface area contributed by atoms with Crippen molar-refractivity contribution in [2.45, 2.75) is 18.9 Å². The lowest BCUT2D eigenvalue weighted by Gasteiger charge is -2.13. The fourth-order valence-corrected chi connectivity index (χ4v) is 2.78. The van der Waals surface area contributed by atoms with E-state index in [1.165, 1.54) is 12.8 Å². The molecule has 9 heavy (non-hydrogen) atoms. The van der Waals surface area contributed by atoms with Crippen LogP contribution in [0.3, 0.4) is 0 Å². The minimum absolute atomic E-state index is 0.578. The molecule has 1 heteroatoms. The monoisotopic (exact) mass is 123 g/mol. The molecule has 1 nitrogen and oxygen atoms in total. The normalized spacial score (nSPS) is 61.3. The van der Waals surface area contributed by atoms with Crippen LogP contribution >= 0.6 is 0 Å². The van der Waals surface area contributed by atoms with Crippen molar-refractivity contribution in [3.63, 3.8) is 0 Å². The van der Waals surface area contributed by atoms with E-state index in [2.05, 4.69) is 6.42 Å². The molecule has 3 aliphatic rings. The van der Waals surface area contributed by atoms with E-state index in [4.69, 9.17) is 4.74 Å². The van der Waals surface area contributed by atoms with E-state index < -0.39 is 0 Å². The van der Waals surface area contributed by atoms with Gasteiger partial charge in [0.15, 0.2) is 0 Å². The van der Waals surface area contributed by atoms with Crippen LogP contribution in [-0.2, 0) is 4.74 Å². The predicted octanol–water partition coefficient (Wildman–Crippen LogP) is 1.25. The molecule has 1 heterocycles. The second-order valence-electron chi connectivity index (χ2n) is 3.65. The van der Waals surface area contributed by atoms with E-state index in [-0.39, 0.29) is 0 Å². The Labute approximate surface area is 55.4 Å². The van der Waals surface area contributed by atoms with E-state index in [1.807, 2.05) is 0 Å². The van der Waals surface area contributed by atoms with E-state index >= 15 is 0 Å². The summed E-state index contributed by atoms with van der Waals surface area (Å²) in [6.45, 7) is 1.06. The van der Waals surface area contributed by atoms with Crippen LogP contribution in [-0.4, -0.2) is 12.7 Å². The van der Waals surface area contributed by atoms with Gasteiger partial charge in [0.2, 0.25) is 0 Å². The van der Waals surface area contributed by atoms with Crippen LogP contribution in [0.25, 0.3) is 0 Å². The molecule has 0 aromatic heterocycles. The van der Waals surface area contributed by atoms with Gasteiger partial charge in [-0.05, 0) is 37.0 Å². The lowest BCUT2D eigenvalue weighted by atomic mass is 9.90. The summed E-state index contributed by atoms with van der Waals surface area (Å²) in [7, 11) is 0. The van der Waals surface area contributed by atoms with Gasteiger partial charge in [0.05, 0.1) is 12.7 Å². The van der Waals surface area contributed by atoms with Gasteiger partial charge in [0, 0.05) is 0 Å². The van der Waals surface area contributed by atoms with Crippen LogP contribution in [0.5, 0.6) is 0 Å². The molecule has 4 atom stereocenters. The zero-order chi connectivity index (χ0) is 5.84. The number of ether oxygens (including phenoxy) is 1. The Balaban J connectivity index is 2.02. The second kappa shape index (κ2) is 1.34. The Morgan fingerprint density at radius 2 is 2.33 bits per heavy atom. The maximum absolute atomic E-state index is 5.58. The van der Waals surface area contributed by atoms with Crippen molar-refractivity contribution >= 4 is 0 Å². The number of rotatable bonds is 0. The average molecular weight is 123 g/mol. The highest BCUT2D eigenvalue weighted by Crippen LogP contribution is 2.52. The molecular weight excluding hydrogens is 112 g/mol. The molecule has 2 bridgehead atoms. The fraction of sp³-hybridized carbons (Fsp3) is 0.875. The van der Waals surface area contributed by atoms with Gasteiger partial charge in [-0.3, -0.25) is 0 Å². The van der Waals surface area contributed by atoms with Crippen LogP contribution < -0.4 is 0 Å².